The van der Waals surface area contributed by atoms with Crippen molar-refractivity contribution in [2.75, 3.05) is 19.0 Å². The van der Waals surface area contributed by atoms with E-state index in [-0.39, 0.29) is 0 Å². The quantitative estimate of drug-likeness (QED) is 0.724. The zero-order valence-corrected chi connectivity index (χ0v) is 16.0. The smallest absolute Gasteiger partial charge is 0.173 e. The molecule has 0 spiro atoms. The normalized spacial score (nSPS) is 21.0. The molecule has 130 valence electrons. The number of hydrogen-bond donors (Lipinski definition) is 1. The van der Waals surface area contributed by atoms with E-state index in [0.29, 0.717) is 12.0 Å². The number of aryl methyl sites for hydroxylation is 1. The van der Waals surface area contributed by atoms with Gasteiger partial charge in [-0.2, -0.15) is 0 Å². The van der Waals surface area contributed by atoms with Gasteiger partial charge in [0, 0.05) is 17.3 Å². The van der Waals surface area contributed by atoms with Crippen LogP contribution in [-0.2, 0) is 0 Å². The number of thiocarbonyl (C=S) groups is 1. The van der Waals surface area contributed by atoms with E-state index >= 15 is 0 Å². The summed E-state index contributed by atoms with van der Waals surface area (Å²) in [5, 5.41) is 5.05. The van der Waals surface area contributed by atoms with Gasteiger partial charge in [-0.05, 0) is 84.9 Å². The van der Waals surface area contributed by atoms with Crippen molar-refractivity contribution in [1.29, 1.82) is 0 Å². The van der Waals surface area contributed by atoms with E-state index in [9.17, 15) is 0 Å². The molecular weight excluding hydrogens is 352 g/mol. The summed E-state index contributed by atoms with van der Waals surface area (Å²) in [6.45, 7) is 3.04. The van der Waals surface area contributed by atoms with Crippen molar-refractivity contribution in [1.82, 2.24) is 4.90 Å². The zero-order valence-electron chi connectivity index (χ0n) is 14.4. The van der Waals surface area contributed by atoms with Crippen LogP contribution in [0.3, 0.4) is 0 Å². The van der Waals surface area contributed by atoms with Crippen molar-refractivity contribution in [3.8, 4) is 5.75 Å². The van der Waals surface area contributed by atoms with Crippen LogP contribution in [0.1, 0.15) is 41.5 Å². The van der Waals surface area contributed by atoms with Crippen LogP contribution in [0.25, 0.3) is 0 Å². The highest BCUT2D eigenvalue weighted by Crippen LogP contribution is 2.49. The lowest BCUT2D eigenvalue weighted by Gasteiger charge is -2.36. The minimum absolute atomic E-state index is 0.351. The van der Waals surface area contributed by atoms with Crippen molar-refractivity contribution >= 4 is 34.6 Å². The van der Waals surface area contributed by atoms with Gasteiger partial charge >= 0.3 is 0 Å². The molecule has 1 fully saturated rings. The van der Waals surface area contributed by atoms with Gasteiger partial charge in [0.1, 0.15) is 5.75 Å². The molecule has 0 saturated carbocycles. The van der Waals surface area contributed by atoms with Crippen LogP contribution in [0, 0.1) is 6.92 Å². The van der Waals surface area contributed by atoms with Gasteiger partial charge in [0.05, 0.1) is 13.2 Å². The van der Waals surface area contributed by atoms with E-state index < -0.39 is 0 Å². The molecule has 4 rings (SSSR count). The second-order valence-corrected chi connectivity index (χ2v) is 7.64. The van der Waals surface area contributed by atoms with Gasteiger partial charge in [-0.1, -0.05) is 17.7 Å². The number of halogens is 1. The molecular formula is C20H21ClN2OS. The Kier molecular flexibility index (Phi) is 4.34. The molecule has 1 saturated heterocycles. The van der Waals surface area contributed by atoms with Crippen LogP contribution in [-0.4, -0.2) is 23.7 Å². The molecule has 3 nitrogen and oxygen atoms in total. The van der Waals surface area contributed by atoms with E-state index in [0.717, 1.165) is 46.5 Å². The fourth-order valence-corrected chi connectivity index (χ4v) is 4.59. The molecule has 1 aliphatic heterocycles. The number of piperidine rings is 1. The molecule has 5 heteroatoms. The number of benzene rings is 2. The molecule has 2 atom stereocenters. The van der Waals surface area contributed by atoms with Gasteiger partial charge in [-0.15, -0.1) is 0 Å². The number of methoxy groups -OCH3 is 1. The number of nitrogens with one attached hydrogen (secondary N) is 1. The van der Waals surface area contributed by atoms with Crippen LogP contribution in [0.5, 0.6) is 5.75 Å². The predicted molar refractivity (Wildman–Crippen MR) is 107 cm³/mol. The van der Waals surface area contributed by atoms with Crippen molar-refractivity contribution in [2.24, 2.45) is 0 Å². The van der Waals surface area contributed by atoms with Gasteiger partial charge in [0.2, 0.25) is 0 Å². The van der Waals surface area contributed by atoms with E-state index in [4.69, 9.17) is 28.6 Å². The predicted octanol–water partition coefficient (Wildman–Crippen LogP) is 5.29. The highest BCUT2D eigenvalue weighted by Gasteiger charge is 2.39. The topological polar surface area (TPSA) is 24.5 Å². The lowest BCUT2D eigenvalue weighted by molar-refractivity contribution is 0.252. The van der Waals surface area contributed by atoms with Gasteiger partial charge in [-0.3, -0.25) is 0 Å². The first kappa shape index (κ1) is 16.7. The third-order valence-corrected chi connectivity index (χ3v) is 5.96. The third kappa shape index (κ3) is 2.98. The maximum atomic E-state index is 6.20. The summed E-state index contributed by atoms with van der Waals surface area (Å²) < 4.78 is 5.28. The number of likely N-dealkylation sites (tertiary alicyclic amines) is 1. The van der Waals surface area contributed by atoms with E-state index in [1.54, 1.807) is 7.11 Å². The van der Waals surface area contributed by atoms with E-state index in [1.807, 2.05) is 24.3 Å². The Morgan fingerprint density at radius 2 is 2.08 bits per heavy atom. The fraction of sp³-hybridized carbons (Fsp3) is 0.350. The lowest BCUT2D eigenvalue weighted by Crippen LogP contribution is -2.40. The molecule has 2 bridgehead atoms. The molecule has 0 unspecified atom stereocenters. The van der Waals surface area contributed by atoms with E-state index in [1.165, 1.54) is 11.1 Å². The Balaban J connectivity index is 1.56. The third-order valence-electron chi connectivity index (χ3n) is 5.39. The zero-order chi connectivity index (χ0) is 17.6. The maximum absolute atomic E-state index is 6.20. The standard InChI is InChI=1S/C20H21ClN2OS/c1-12-9-15(24-2)4-6-18(12)22-20(25)23-8-7-13-10-19(23)16-5-3-14(21)11-17(13)16/h3-6,9,11,13,19H,7-8,10H2,1-2H3,(H,22,25)/t13-,19-/m1/s1. The van der Waals surface area contributed by atoms with Crippen LogP contribution in [0.2, 0.25) is 5.02 Å². The molecule has 2 aliphatic rings. The first-order chi connectivity index (χ1) is 12.1. The summed E-state index contributed by atoms with van der Waals surface area (Å²) >= 11 is 12.0. The minimum Gasteiger partial charge on any atom is -0.497 e. The second kappa shape index (κ2) is 6.50. The summed E-state index contributed by atoms with van der Waals surface area (Å²) in [7, 11) is 1.68. The summed E-state index contributed by atoms with van der Waals surface area (Å²) in [6, 6.07) is 12.6. The average molecular weight is 373 g/mol. The van der Waals surface area contributed by atoms with Crippen molar-refractivity contribution in [3.05, 3.63) is 58.1 Å². The lowest BCUT2D eigenvalue weighted by atomic mass is 9.96. The largest absolute Gasteiger partial charge is 0.497 e. The van der Waals surface area contributed by atoms with Gasteiger partial charge in [0.25, 0.3) is 0 Å². The Hall–Kier alpha value is -1.78. The number of ether oxygens (including phenoxy) is 1. The second-order valence-electron chi connectivity index (χ2n) is 6.81. The first-order valence-electron chi connectivity index (χ1n) is 8.58. The number of rotatable bonds is 2. The minimum atomic E-state index is 0.351. The number of fused-ring (bicyclic) bond motifs is 5. The van der Waals surface area contributed by atoms with Gasteiger partial charge < -0.3 is 15.0 Å². The Morgan fingerprint density at radius 1 is 1.24 bits per heavy atom. The molecule has 2 aromatic rings. The monoisotopic (exact) mass is 372 g/mol. The van der Waals surface area contributed by atoms with Gasteiger partial charge in [0.15, 0.2) is 5.11 Å². The van der Waals surface area contributed by atoms with Crippen LogP contribution in [0.15, 0.2) is 36.4 Å². The molecule has 0 radical (unpaired) electrons. The molecule has 0 aromatic heterocycles. The highest BCUT2D eigenvalue weighted by atomic mass is 35.5. The number of nitrogens with zero attached hydrogens (tertiary/aromatic N) is 1. The van der Waals surface area contributed by atoms with Crippen LogP contribution < -0.4 is 10.1 Å². The Morgan fingerprint density at radius 3 is 2.84 bits per heavy atom. The molecule has 25 heavy (non-hydrogen) atoms. The Labute approximate surface area is 158 Å². The highest BCUT2D eigenvalue weighted by molar-refractivity contribution is 7.80. The maximum Gasteiger partial charge on any atom is 0.173 e. The van der Waals surface area contributed by atoms with E-state index in [2.05, 4.69) is 29.3 Å². The summed E-state index contributed by atoms with van der Waals surface area (Å²) in [6.07, 6.45) is 2.24. The fourth-order valence-electron chi connectivity index (χ4n) is 4.08. The molecule has 1 heterocycles. The van der Waals surface area contributed by atoms with Crippen molar-refractivity contribution in [3.63, 3.8) is 0 Å². The Bertz CT molecular complexity index is 838. The average Bonchev–Trinajstić information content (AvgIpc) is 2.88. The number of anilines is 1. The summed E-state index contributed by atoms with van der Waals surface area (Å²) in [5.41, 5.74) is 4.93. The molecule has 1 N–H and O–H groups in total. The summed E-state index contributed by atoms with van der Waals surface area (Å²) in [4.78, 5) is 2.33. The molecule has 1 aliphatic carbocycles. The first-order valence-corrected chi connectivity index (χ1v) is 9.37. The van der Waals surface area contributed by atoms with Crippen LogP contribution in [0.4, 0.5) is 5.69 Å². The number of hydrogen-bond acceptors (Lipinski definition) is 2. The van der Waals surface area contributed by atoms with Crippen molar-refractivity contribution < 1.29 is 4.74 Å². The molecule has 0 amide bonds. The SMILES string of the molecule is COc1ccc(NC(=S)N2CC[C@@H]3C[C@@H]2c2ccc(Cl)cc23)c(C)c1. The van der Waals surface area contributed by atoms with Crippen molar-refractivity contribution in [2.45, 2.75) is 31.7 Å². The molecule has 2 aromatic carbocycles. The summed E-state index contributed by atoms with van der Waals surface area (Å²) in [5.74, 6) is 1.47. The van der Waals surface area contributed by atoms with Crippen LogP contribution >= 0.6 is 23.8 Å². The van der Waals surface area contributed by atoms with Gasteiger partial charge in [-0.25, -0.2) is 0 Å².